The first-order chi connectivity index (χ1) is 12.3. The zero-order chi connectivity index (χ0) is 19.3. The van der Waals surface area contributed by atoms with Gasteiger partial charge in [0.2, 0.25) is 0 Å². The topological polar surface area (TPSA) is 86.1 Å². The Bertz CT molecular complexity index is 615. The molecule has 7 heteroatoms. The van der Waals surface area contributed by atoms with E-state index in [0.717, 1.165) is 30.0 Å². The van der Waals surface area contributed by atoms with Gasteiger partial charge in [-0.1, -0.05) is 0 Å². The van der Waals surface area contributed by atoms with E-state index in [4.69, 9.17) is 19.9 Å². The van der Waals surface area contributed by atoms with Crippen LogP contribution in [0.25, 0.3) is 0 Å². The maximum Gasteiger partial charge on any atom is 0.407 e. The van der Waals surface area contributed by atoms with E-state index in [-0.39, 0.29) is 18.2 Å². The second kappa shape index (κ2) is 8.60. The lowest BCUT2D eigenvalue weighted by Crippen LogP contribution is -2.41. The van der Waals surface area contributed by atoms with Crippen LogP contribution >= 0.6 is 0 Å². The third-order valence-electron chi connectivity index (χ3n) is 4.40. The molecular weight excluding hydrogens is 334 g/mol. The van der Waals surface area contributed by atoms with Crippen LogP contribution in [0.4, 0.5) is 4.79 Å². The van der Waals surface area contributed by atoms with Crippen molar-refractivity contribution >= 4 is 6.09 Å². The van der Waals surface area contributed by atoms with Gasteiger partial charge in [0.15, 0.2) is 0 Å². The van der Waals surface area contributed by atoms with Crippen molar-refractivity contribution in [2.45, 2.75) is 44.9 Å². The fraction of sp³-hybridized carbons (Fsp3) is 0.632. The molecule has 1 heterocycles. The number of nitrogens with two attached hydrogens (primary N) is 1. The highest BCUT2D eigenvalue weighted by atomic mass is 16.6. The van der Waals surface area contributed by atoms with Crippen LogP contribution in [0.2, 0.25) is 0 Å². The van der Waals surface area contributed by atoms with Crippen molar-refractivity contribution in [1.29, 1.82) is 0 Å². The minimum absolute atomic E-state index is 0.00881. The number of hydrogen-bond acceptors (Lipinski definition) is 6. The third-order valence-corrected chi connectivity index (χ3v) is 4.40. The molecule has 146 valence electrons. The molecule has 7 nitrogen and oxygen atoms in total. The summed E-state index contributed by atoms with van der Waals surface area (Å²) in [5.74, 6) is 1.55. The molecule has 0 radical (unpaired) electrons. The van der Waals surface area contributed by atoms with Gasteiger partial charge in [0.1, 0.15) is 17.1 Å². The molecule has 1 aliphatic heterocycles. The van der Waals surface area contributed by atoms with Crippen molar-refractivity contribution in [3.63, 3.8) is 0 Å². The fourth-order valence-electron chi connectivity index (χ4n) is 3.23. The van der Waals surface area contributed by atoms with Crippen LogP contribution in [-0.2, 0) is 4.74 Å². The van der Waals surface area contributed by atoms with Crippen molar-refractivity contribution in [2.24, 2.45) is 5.73 Å². The predicted octanol–water partition coefficient (Wildman–Crippen LogP) is 2.30. The zero-order valence-electron chi connectivity index (χ0n) is 16.4. The first kappa shape index (κ1) is 20.3. The normalized spacial score (nSPS) is 19.1. The molecule has 2 atom stereocenters. The molecule has 1 aliphatic rings. The van der Waals surface area contributed by atoms with Gasteiger partial charge in [-0.2, -0.15) is 0 Å². The molecule has 1 unspecified atom stereocenters. The van der Waals surface area contributed by atoms with Crippen LogP contribution in [0.5, 0.6) is 11.5 Å². The van der Waals surface area contributed by atoms with E-state index in [1.165, 1.54) is 0 Å². The number of amides is 1. The summed E-state index contributed by atoms with van der Waals surface area (Å²) in [4.78, 5) is 14.3. The molecule has 0 spiro atoms. The minimum atomic E-state index is -0.504. The summed E-state index contributed by atoms with van der Waals surface area (Å²) < 4.78 is 16.2. The summed E-state index contributed by atoms with van der Waals surface area (Å²) in [6.07, 6.45) is 0.467. The van der Waals surface area contributed by atoms with Gasteiger partial charge in [0.25, 0.3) is 0 Å². The quantitative estimate of drug-likeness (QED) is 0.804. The monoisotopic (exact) mass is 365 g/mol. The minimum Gasteiger partial charge on any atom is -0.497 e. The molecule has 0 aromatic heterocycles. The second-order valence-corrected chi connectivity index (χ2v) is 7.49. The summed E-state index contributed by atoms with van der Waals surface area (Å²) in [5, 5.41) is 2.95. The molecule has 1 saturated heterocycles. The third kappa shape index (κ3) is 5.25. The van der Waals surface area contributed by atoms with Gasteiger partial charge in [-0.25, -0.2) is 4.79 Å². The predicted molar refractivity (Wildman–Crippen MR) is 101 cm³/mol. The Morgan fingerprint density at radius 2 is 2.08 bits per heavy atom. The Morgan fingerprint density at radius 1 is 1.35 bits per heavy atom. The molecule has 1 aromatic rings. The van der Waals surface area contributed by atoms with E-state index in [1.807, 2.05) is 39.0 Å². The highest BCUT2D eigenvalue weighted by Crippen LogP contribution is 2.34. The number of rotatable bonds is 6. The first-order valence-electron chi connectivity index (χ1n) is 8.93. The average molecular weight is 365 g/mol. The maximum atomic E-state index is 12.0. The number of nitrogens with one attached hydrogen (secondary N) is 1. The second-order valence-electron chi connectivity index (χ2n) is 7.49. The van der Waals surface area contributed by atoms with E-state index >= 15 is 0 Å². The summed E-state index contributed by atoms with van der Waals surface area (Å²) in [6.45, 7) is 7.56. The standard InChI is InChI=1S/C19H31N3O4/c1-19(2,3)26-18(23)21-13-8-9-22(12-13)16(11-20)15-10-14(24-4)6-7-17(15)25-5/h6-7,10,13,16H,8-9,11-12,20H2,1-5H3,(H,21,23)/t13?,16-/m0/s1. The lowest BCUT2D eigenvalue weighted by atomic mass is 10.0. The number of carbonyl (C=O) groups excluding carboxylic acids is 1. The van der Waals surface area contributed by atoms with Crippen LogP contribution in [0, 0.1) is 0 Å². The molecule has 1 fully saturated rings. The van der Waals surface area contributed by atoms with Crippen LogP contribution in [0.3, 0.4) is 0 Å². The van der Waals surface area contributed by atoms with Gasteiger partial charge in [0, 0.05) is 31.2 Å². The SMILES string of the molecule is COc1ccc(OC)c([C@H](CN)N2CCC(NC(=O)OC(C)(C)C)C2)c1. The highest BCUT2D eigenvalue weighted by Gasteiger charge is 2.31. The van der Waals surface area contributed by atoms with Gasteiger partial charge in [-0.3, -0.25) is 4.90 Å². The Kier molecular flexibility index (Phi) is 6.72. The van der Waals surface area contributed by atoms with Crippen LogP contribution < -0.4 is 20.5 Å². The average Bonchev–Trinajstić information content (AvgIpc) is 3.01. The van der Waals surface area contributed by atoms with Crippen molar-refractivity contribution in [2.75, 3.05) is 33.9 Å². The lowest BCUT2D eigenvalue weighted by Gasteiger charge is -2.29. The van der Waals surface area contributed by atoms with Crippen molar-refractivity contribution in [1.82, 2.24) is 10.2 Å². The molecule has 1 amide bonds. The van der Waals surface area contributed by atoms with Crippen molar-refractivity contribution in [3.05, 3.63) is 23.8 Å². The van der Waals surface area contributed by atoms with Crippen LogP contribution in [-0.4, -0.2) is 56.5 Å². The van der Waals surface area contributed by atoms with Gasteiger partial charge in [-0.15, -0.1) is 0 Å². The zero-order valence-corrected chi connectivity index (χ0v) is 16.4. The Balaban J connectivity index is 2.07. The van der Waals surface area contributed by atoms with E-state index in [2.05, 4.69) is 10.2 Å². The number of benzene rings is 1. The summed E-state index contributed by atoms with van der Waals surface area (Å²) in [6, 6.07) is 5.75. The van der Waals surface area contributed by atoms with Crippen LogP contribution in [0.1, 0.15) is 38.8 Å². The number of methoxy groups -OCH3 is 2. The molecule has 1 aromatic carbocycles. The highest BCUT2D eigenvalue weighted by molar-refractivity contribution is 5.68. The number of nitrogens with zero attached hydrogens (tertiary/aromatic N) is 1. The van der Waals surface area contributed by atoms with Crippen molar-refractivity contribution < 1.29 is 19.0 Å². The molecule has 0 saturated carbocycles. The number of likely N-dealkylation sites (tertiary alicyclic amines) is 1. The molecule has 26 heavy (non-hydrogen) atoms. The lowest BCUT2D eigenvalue weighted by molar-refractivity contribution is 0.0504. The van der Waals surface area contributed by atoms with Crippen molar-refractivity contribution in [3.8, 4) is 11.5 Å². The summed E-state index contributed by atoms with van der Waals surface area (Å²) >= 11 is 0. The van der Waals surface area contributed by atoms with Gasteiger partial charge in [-0.05, 0) is 45.4 Å². The number of ether oxygens (including phenoxy) is 3. The number of carbonyl (C=O) groups is 1. The maximum absolute atomic E-state index is 12.0. The summed E-state index contributed by atoms with van der Waals surface area (Å²) in [7, 11) is 3.29. The Morgan fingerprint density at radius 3 is 2.65 bits per heavy atom. The van der Waals surface area contributed by atoms with E-state index in [1.54, 1.807) is 14.2 Å². The molecular formula is C19H31N3O4. The molecule has 0 aliphatic carbocycles. The van der Waals surface area contributed by atoms with Gasteiger partial charge in [0.05, 0.1) is 20.3 Å². The smallest absolute Gasteiger partial charge is 0.407 e. The number of hydrogen-bond donors (Lipinski definition) is 2. The van der Waals surface area contributed by atoms with Crippen LogP contribution in [0.15, 0.2) is 18.2 Å². The van der Waals surface area contributed by atoms with E-state index in [9.17, 15) is 4.79 Å². The van der Waals surface area contributed by atoms with E-state index in [0.29, 0.717) is 13.1 Å². The first-order valence-corrected chi connectivity index (χ1v) is 8.93. The van der Waals surface area contributed by atoms with Gasteiger partial charge >= 0.3 is 6.09 Å². The number of alkyl carbamates (subject to hydrolysis) is 1. The molecule has 2 rings (SSSR count). The largest absolute Gasteiger partial charge is 0.497 e. The van der Waals surface area contributed by atoms with Gasteiger partial charge < -0.3 is 25.3 Å². The summed E-state index contributed by atoms with van der Waals surface area (Å²) in [5.41, 5.74) is 6.57. The molecule has 3 N–H and O–H groups in total. The Hall–Kier alpha value is -1.99. The van der Waals surface area contributed by atoms with E-state index < -0.39 is 5.60 Å². The fourth-order valence-corrected chi connectivity index (χ4v) is 3.23. The Labute approximate surface area is 155 Å². The molecule has 0 bridgehead atoms.